The molecule has 0 unspecified atom stereocenters. The number of hydrogen-bond acceptors (Lipinski definition) is 5. The fourth-order valence-electron chi connectivity index (χ4n) is 1.56. The molecule has 5 heteroatoms. The number of benzene rings is 1. The van der Waals surface area contributed by atoms with E-state index in [-0.39, 0.29) is 17.9 Å². The van der Waals surface area contributed by atoms with Gasteiger partial charge in [0.05, 0.1) is 19.4 Å². The van der Waals surface area contributed by atoms with Crippen LogP contribution in [0.2, 0.25) is 0 Å². The lowest BCUT2D eigenvalue weighted by atomic mass is 10.0. The summed E-state index contributed by atoms with van der Waals surface area (Å²) in [4.78, 5) is 23.3. The third kappa shape index (κ3) is 3.58. The summed E-state index contributed by atoms with van der Waals surface area (Å²) in [6.07, 6.45) is 0. The predicted octanol–water partition coefficient (Wildman–Crippen LogP) is 1.52. The number of Topliss-reactive ketones (excluding diaryl/α,β-unsaturated/α-hetero) is 1. The van der Waals surface area contributed by atoms with Crippen LogP contribution in [0.5, 0.6) is 5.75 Å². The Morgan fingerprint density at radius 1 is 1.21 bits per heavy atom. The van der Waals surface area contributed by atoms with E-state index < -0.39 is 11.8 Å². The maximum Gasteiger partial charge on any atom is 0.343 e. The van der Waals surface area contributed by atoms with Crippen molar-refractivity contribution >= 4 is 17.4 Å². The number of carbonyl (C=O) groups excluding carboxylic acids is 2. The molecule has 0 aliphatic rings. The second kappa shape index (κ2) is 6.58. The molecule has 0 aliphatic carbocycles. The lowest BCUT2D eigenvalue weighted by Gasteiger charge is -2.09. The zero-order valence-corrected chi connectivity index (χ0v) is 11.2. The van der Waals surface area contributed by atoms with Crippen LogP contribution in [0, 0.1) is 0 Å². The van der Waals surface area contributed by atoms with Gasteiger partial charge in [0.25, 0.3) is 0 Å². The summed E-state index contributed by atoms with van der Waals surface area (Å²) in [6, 6.07) is 6.75. The Labute approximate surface area is 112 Å². The molecule has 1 rings (SSSR count). The Hall–Kier alpha value is -2.30. The summed E-state index contributed by atoms with van der Waals surface area (Å²) < 4.78 is 9.86. The molecule has 0 aliphatic heterocycles. The molecule has 5 nitrogen and oxygen atoms in total. The largest absolute Gasteiger partial charge is 0.497 e. The molecule has 19 heavy (non-hydrogen) atoms. The Balaban J connectivity index is 3.20. The first kappa shape index (κ1) is 14.8. The molecule has 0 amide bonds. The summed E-state index contributed by atoms with van der Waals surface area (Å²) in [5.41, 5.74) is 6.42. The van der Waals surface area contributed by atoms with E-state index in [2.05, 4.69) is 0 Å². The highest BCUT2D eigenvalue weighted by molar-refractivity contribution is 6.21. The summed E-state index contributed by atoms with van der Waals surface area (Å²) >= 11 is 0. The van der Waals surface area contributed by atoms with Gasteiger partial charge in [0.2, 0.25) is 0 Å². The van der Waals surface area contributed by atoms with Gasteiger partial charge < -0.3 is 15.2 Å². The smallest absolute Gasteiger partial charge is 0.343 e. The van der Waals surface area contributed by atoms with E-state index in [1.165, 1.54) is 6.92 Å². The van der Waals surface area contributed by atoms with E-state index in [1.807, 2.05) is 0 Å². The quantitative estimate of drug-likeness (QED) is 0.377. The van der Waals surface area contributed by atoms with Crippen molar-refractivity contribution in [2.45, 2.75) is 13.8 Å². The molecule has 0 atom stereocenters. The number of rotatable bonds is 5. The molecule has 0 saturated carbocycles. The van der Waals surface area contributed by atoms with E-state index in [4.69, 9.17) is 15.2 Å². The molecule has 2 N–H and O–H groups in total. The zero-order chi connectivity index (χ0) is 14.4. The number of hydrogen-bond donors (Lipinski definition) is 1. The number of nitrogens with two attached hydrogens (primary N) is 1. The van der Waals surface area contributed by atoms with Gasteiger partial charge in [-0.15, -0.1) is 0 Å². The van der Waals surface area contributed by atoms with Crippen LogP contribution >= 0.6 is 0 Å². The lowest BCUT2D eigenvalue weighted by Crippen LogP contribution is -2.18. The highest BCUT2D eigenvalue weighted by Gasteiger charge is 2.20. The Kier molecular flexibility index (Phi) is 5.11. The average Bonchev–Trinajstić information content (AvgIpc) is 2.38. The first-order valence-corrected chi connectivity index (χ1v) is 5.83. The predicted molar refractivity (Wildman–Crippen MR) is 71.4 cm³/mol. The fraction of sp³-hybridized carbons (Fsp3) is 0.286. The average molecular weight is 263 g/mol. The van der Waals surface area contributed by atoms with Gasteiger partial charge in [-0.05, 0) is 43.7 Å². The minimum absolute atomic E-state index is 0.105. The van der Waals surface area contributed by atoms with Gasteiger partial charge in [-0.1, -0.05) is 0 Å². The summed E-state index contributed by atoms with van der Waals surface area (Å²) in [7, 11) is 1.55. The van der Waals surface area contributed by atoms with Crippen LogP contribution in [0.25, 0.3) is 5.70 Å². The summed E-state index contributed by atoms with van der Waals surface area (Å²) in [5.74, 6) is -0.466. The van der Waals surface area contributed by atoms with E-state index in [9.17, 15) is 9.59 Å². The minimum atomic E-state index is -0.705. The number of ketones is 1. The minimum Gasteiger partial charge on any atom is -0.497 e. The fourth-order valence-corrected chi connectivity index (χ4v) is 1.56. The van der Waals surface area contributed by atoms with Crippen LogP contribution in [0.15, 0.2) is 29.8 Å². The molecule has 1 aromatic rings. The first-order chi connectivity index (χ1) is 9.01. The Morgan fingerprint density at radius 2 is 1.79 bits per heavy atom. The van der Waals surface area contributed by atoms with Gasteiger partial charge in [-0.3, -0.25) is 4.79 Å². The number of methoxy groups -OCH3 is 1. The van der Waals surface area contributed by atoms with Gasteiger partial charge in [0.15, 0.2) is 5.78 Å². The maximum atomic E-state index is 11.7. The first-order valence-electron chi connectivity index (χ1n) is 5.83. The van der Waals surface area contributed by atoms with Crippen LogP contribution in [0.3, 0.4) is 0 Å². The van der Waals surface area contributed by atoms with E-state index >= 15 is 0 Å². The molecule has 0 bridgehead atoms. The van der Waals surface area contributed by atoms with Crippen molar-refractivity contribution in [2.75, 3.05) is 13.7 Å². The van der Waals surface area contributed by atoms with Gasteiger partial charge in [-0.2, -0.15) is 0 Å². The molecule has 0 spiro atoms. The second-order valence-corrected chi connectivity index (χ2v) is 3.79. The van der Waals surface area contributed by atoms with Crippen molar-refractivity contribution < 1.29 is 19.1 Å². The molecule has 0 heterocycles. The number of ether oxygens (including phenoxy) is 2. The van der Waals surface area contributed by atoms with E-state index in [1.54, 1.807) is 38.3 Å². The molecular weight excluding hydrogens is 246 g/mol. The van der Waals surface area contributed by atoms with Crippen molar-refractivity contribution in [2.24, 2.45) is 5.73 Å². The van der Waals surface area contributed by atoms with Crippen molar-refractivity contribution in [3.8, 4) is 5.75 Å². The Bertz CT molecular complexity index is 503. The molecule has 0 saturated heterocycles. The monoisotopic (exact) mass is 263 g/mol. The second-order valence-electron chi connectivity index (χ2n) is 3.79. The SMILES string of the molecule is CCOC(=O)/C(C(C)=O)=C(/N)c1ccc(OC)cc1. The summed E-state index contributed by atoms with van der Waals surface area (Å²) in [6.45, 7) is 3.13. The standard InChI is InChI=1S/C14H17NO4/c1-4-19-14(17)12(9(2)16)13(15)10-5-7-11(18-3)8-6-10/h5-8H,4,15H2,1-3H3/b13-12+. The van der Waals surface area contributed by atoms with Crippen molar-refractivity contribution in [1.29, 1.82) is 0 Å². The molecule has 102 valence electrons. The van der Waals surface area contributed by atoms with Gasteiger partial charge in [-0.25, -0.2) is 4.79 Å². The molecule has 0 fully saturated rings. The van der Waals surface area contributed by atoms with Crippen LogP contribution < -0.4 is 10.5 Å². The van der Waals surface area contributed by atoms with Gasteiger partial charge in [0.1, 0.15) is 11.3 Å². The van der Waals surface area contributed by atoms with Crippen LogP contribution in [0.1, 0.15) is 19.4 Å². The van der Waals surface area contributed by atoms with Gasteiger partial charge >= 0.3 is 5.97 Å². The number of esters is 1. The molecule has 0 aromatic heterocycles. The maximum absolute atomic E-state index is 11.7. The van der Waals surface area contributed by atoms with Gasteiger partial charge in [0, 0.05) is 0 Å². The van der Waals surface area contributed by atoms with E-state index in [0.29, 0.717) is 11.3 Å². The lowest BCUT2D eigenvalue weighted by molar-refractivity contribution is -0.139. The van der Waals surface area contributed by atoms with Crippen LogP contribution in [-0.4, -0.2) is 25.5 Å². The normalized spacial score (nSPS) is 11.5. The zero-order valence-electron chi connectivity index (χ0n) is 11.2. The van der Waals surface area contributed by atoms with E-state index in [0.717, 1.165) is 0 Å². The van der Waals surface area contributed by atoms with Crippen molar-refractivity contribution in [3.05, 3.63) is 35.4 Å². The third-order valence-electron chi connectivity index (χ3n) is 2.50. The highest BCUT2D eigenvalue weighted by atomic mass is 16.5. The van der Waals surface area contributed by atoms with Crippen molar-refractivity contribution in [3.63, 3.8) is 0 Å². The summed E-state index contributed by atoms with van der Waals surface area (Å²) in [5, 5.41) is 0. The highest BCUT2D eigenvalue weighted by Crippen LogP contribution is 2.19. The topological polar surface area (TPSA) is 78.6 Å². The molecular formula is C14H17NO4. The van der Waals surface area contributed by atoms with Crippen molar-refractivity contribution in [1.82, 2.24) is 0 Å². The number of carbonyl (C=O) groups is 2. The molecule has 1 aromatic carbocycles. The third-order valence-corrected chi connectivity index (χ3v) is 2.50. The van der Waals surface area contributed by atoms with Crippen LogP contribution in [-0.2, 0) is 14.3 Å². The molecule has 0 radical (unpaired) electrons. The Morgan fingerprint density at radius 3 is 2.21 bits per heavy atom. The van der Waals surface area contributed by atoms with Crippen LogP contribution in [0.4, 0.5) is 0 Å².